The van der Waals surface area contributed by atoms with Crippen LogP contribution in [0.5, 0.6) is 0 Å². The maximum atomic E-state index is 10.5. The first-order chi connectivity index (χ1) is 2.00. The van der Waals surface area contributed by atoms with Crippen LogP contribution in [-0.2, 0) is 23.5 Å². The van der Waals surface area contributed by atoms with E-state index in [1.807, 2.05) is 0 Å². The average Bonchev–Trinajstić information content (AvgIpc) is 0.722. The number of halogens is 1. The van der Waals surface area contributed by atoms with Crippen LogP contribution in [0.1, 0.15) is 0 Å². The Bertz CT molecular complexity index is 92.8. The molecule has 0 amide bonds. The topological polar surface area (TPSA) is 34.1 Å². The van der Waals surface area contributed by atoms with Crippen LogP contribution in [-0.4, -0.2) is 8.42 Å². The zero-order valence-electron chi connectivity index (χ0n) is 1.90. The molecule has 0 atom stereocenters. The summed E-state index contributed by atoms with van der Waals surface area (Å²) in [6, 6.07) is 0. The van der Waals surface area contributed by atoms with Gasteiger partial charge in [0.05, 0.1) is 0 Å². The number of hydrogen-bond donors (Lipinski definition) is 0. The summed E-state index contributed by atoms with van der Waals surface area (Å²) in [4.78, 5) is 0. The monoisotopic (exact) mass is 146 g/mol. The van der Waals surface area contributed by atoms with Crippen molar-refractivity contribution in [2.45, 2.75) is 0 Å². The van der Waals surface area contributed by atoms with E-state index in [0.29, 0.717) is 0 Å². The predicted molar refractivity (Wildman–Crippen MR) is 10.0 cm³/mol. The van der Waals surface area contributed by atoms with E-state index < -0.39 is 8.64 Å². The summed E-state index contributed by atoms with van der Waals surface area (Å²) in [5.74, 6) is 0. The fourth-order valence-electron chi connectivity index (χ4n) is 0. The SMILES string of the molecule is O=[S](=O)(F)[Cu]. The van der Waals surface area contributed by atoms with E-state index in [1.54, 1.807) is 0 Å². The van der Waals surface area contributed by atoms with E-state index in [1.165, 1.54) is 0 Å². The van der Waals surface area contributed by atoms with Crippen LogP contribution in [0, 0.1) is 0 Å². The Morgan fingerprint density at radius 3 is 1.60 bits per heavy atom. The van der Waals surface area contributed by atoms with Gasteiger partial charge < -0.3 is 0 Å². The molecule has 0 saturated heterocycles. The molecule has 0 rings (SSSR count). The van der Waals surface area contributed by atoms with Gasteiger partial charge in [-0.3, -0.25) is 0 Å². The van der Waals surface area contributed by atoms with Crippen molar-refractivity contribution in [3.05, 3.63) is 0 Å². The van der Waals surface area contributed by atoms with Crippen molar-refractivity contribution in [3.63, 3.8) is 0 Å². The summed E-state index contributed by atoms with van der Waals surface area (Å²) >= 11 is 3.26. The number of hydrogen-bond acceptors (Lipinski definition) is 2. The second-order valence-electron chi connectivity index (χ2n) is 0.341. The van der Waals surface area contributed by atoms with Gasteiger partial charge in [-0.25, -0.2) is 0 Å². The van der Waals surface area contributed by atoms with Crippen LogP contribution in [0.4, 0.5) is 3.89 Å². The normalized spacial score (nSPS) is 11.8. The third-order valence-corrected chi connectivity index (χ3v) is 0. The molecule has 0 fully saturated rings. The Balaban J connectivity index is 4.06. The van der Waals surface area contributed by atoms with E-state index in [2.05, 4.69) is 14.9 Å². The van der Waals surface area contributed by atoms with E-state index in [4.69, 9.17) is 8.42 Å². The van der Waals surface area contributed by atoms with E-state index in [-0.39, 0.29) is 0 Å². The van der Waals surface area contributed by atoms with Crippen LogP contribution in [0.25, 0.3) is 0 Å². The molecule has 0 aromatic heterocycles. The average molecular weight is 147 g/mol. The van der Waals surface area contributed by atoms with Gasteiger partial charge in [-0.2, -0.15) is 0 Å². The second-order valence-corrected chi connectivity index (χ2v) is 2.40. The van der Waals surface area contributed by atoms with Gasteiger partial charge in [0.15, 0.2) is 0 Å². The third-order valence-electron chi connectivity index (χ3n) is 0. The van der Waals surface area contributed by atoms with Crippen molar-refractivity contribution in [2.75, 3.05) is 0 Å². The molecule has 0 aromatic carbocycles. The Labute approximate surface area is 36.5 Å². The van der Waals surface area contributed by atoms with Crippen LogP contribution in [0.15, 0.2) is 0 Å². The van der Waals surface area contributed by atoms with E-state index in [0.717, 1.165) is 0 Å². The Morgan fingerprint density at radius 2 is 1.60 bits per heavy atom. The van der Waals surface area contributed by atoms with Crippen molar-refractivity contribution in [3.8, 4) is 0 Å². The summed E-state index contributed by atoms with van der Waals surface area (Å²) in [5.41, 5.74) is 0. The molecule has 0 aromatic rings. The Morgan fingerprint density at radius 1 is 1.60 bits per heavy atom. The fourth-order valence-corrected chi connectivity index (χ4v) is 0. The third kappa shape index (κ3) is 159. The van der Waals surface area contributed by atoms with Gasteiger partial charge in [0, 0.05) is 0 Å². The maximum absolute atomic E-state index is 10.5. The Hall–Kier alpha value is 0.399. The van der Waals surface area contributed by atoms with Gasteiger partial charge in [0.2, 0.25) is 0 Å². The van der Waals surface area contributed by atoms with Gasteiger partial charge in [-0.05, 0) is 0 Å². The second kappa shape index (κ2) is 1.24. The molecule has 0 spiro atoms. The molecular weight excluding hydrogens is 147 g/mol. The minimum atomic E-state index is -4.60. The van der Waals surface area contributed by atoms with Gasteiger partial charge in [0.25, 0.3) is 0 Å². The van der Waals surface area contributed by atoms with Crippen LogP contribution in [0.2, 0.25) is 0 Å². The molecule has 36 valence electrons. The van der Waals surface area contributed by atoms with Crippen molar-refractivity contribution in [1.82, 2.24) is 0 Å². The van der Waals surface area contributed by atoms with Gasteiger partial charge in [-0.15, -0.1) is 0 Å². The first-order valence-electron chi connectivity index (χ1n) is 0.611. The van der Waals surface area contributed by atoms with Crippen molar-refractivity contribution in [2.24, 2.45) is 0 Å². The molecular formula is CuFO2S. The summed E-state index contributed by atoms with van der Waals surface area (Å²) < 4.78 is 28.0. The fraction of sp³-hybridized carbons (Fsp3) is 0. The van der Waals surface area contributed by atoms with E-state index in [9.17, 15) is 3.89 Å². The zero-order chi connectivity index (χ0) is 4.50. The molecule has 5 heteroatoms. The molecule has 2 nitrogen and oxygen atoms in total. The molecule has 0 unspecified atom stereocenters. The van der Waals surface area contributed by atoms with Crippen molar-refractivity contribution >= 4 is 8.64 Å². The summed E-state index contributed by atoms with van der Waals surface area (Å²) in [6.45, 7) is 0. The van der Waals surface area contributed by atoms with Crippen LogP contribution >= 0.6 is 0 Å². The molecule has 5 heavy (non-hydrogen) atoms. The van der Waals surface area contributed by atoms with Crippen molar-refractivity contribution < 1.29 is 27.2 Å². The minimum absolute atomic E-state index is 3.26. The molecule has 0 aliphatic heterocycles. The molecule has 0 aliphatic carbocycles. The molecule has 0 aliphatic rings. The Kier molecular flexibility index (Phi) is 1.34. The van der Waals surface area contributed by atoms with Gasteiger partial charge in [-0.1, -0.05) is 0 Å². The number of rotatable bonds is 0. The first kappa shape index (κ1) is 5.40. The predicted octanol–water partition coefficient (Wildman–Crippen LogP) is -0.252. The summed E-state index contributed by atoms with van der Waals surface area (Å²) in [7, 11) is -4.60. The molecule has 0 N–H and O–H groups in total. The molecule has 0 saturated carbocycles. The zero-order valence-corrected chi connectivity index (χ0v) is 3.66. The molecule has 0 heterocycles. The van der Waals surface area contributed by atoms with Gasteiger partial charge >= 0.3 is 35.8 Å². The summed E-state index contributed by atoms with van der Waals surface area (Å²) in [6.07, 6.45) is 0. The molecule has 0 radical (unpaired) electrons. The van der Waals surface area contributed by atoms with E-state index >= 15 is 0 Å². The summed E-state index contributed by atoms with van der Waals surface area (Å²) in [5, 5.41) is 0. The molecule has 0 bridgehead atoms. The quantitative estimate of drug-likeness (QED) is 0.349. The van der Waals surface area contributed by atoms with Crippen LogP contribution in [0.3, 0.4) is 0 Å². The van der Waals surface area contributed by atoms with Gasteiger partial charge in [0.1, 0.15) is 0 Å². The van der Waals surface area contributed by atoms with Crippen molar-refractivity contribution in [1.29, 1.82) is 0 Å². The van der Waals surface area contributed by atoms with Crippen LogP contribution < -0.4 is 0 Å². The first-order valence-corrected chi connectivity index (χ1v) is 2.99. The standard InChI is InChI=1S/Cu.FO2S/c;1-4(2)3.